The number of fused-ring (bicyclic) bond motifs is 3. The Morgan fingerprint density at radius 3 is 0.907 bits per heavy atom. The lowest BCUT2D eigenvalue weighted by Crippen LogP contribution is -2.04. The van der Waals surface area contributed by atoms with Crippen molar-refractivity contribution in [2.45, 2.75) is 0 Å². The van der Waals surface area contributed by atoms with Gasteiger partial charge >= 0.3 is 0 Å². The molecule has 0 bridgehead atoms. The van der Waals surface area contributed by atoms with Crippen LogP contribution in [-0.4, -0.2) is 0 Å². The van der Waals surface area contributed by atoms with Crippen molar-refractivity contribution in [3.63, 3.8) is 0 Å². The van der Waals surface area contributed by atoms with Crippen LogP contribution in [0.25, 0.3) is 59.5 Å². The minimum Gasteiger partial charge on any atom is -0.143 e. The Bertz CT molecular complexity index is 1980. The van der Waals surface area contributed by atoms with Crippen molar-refractivity contribution in [1.82, 2.24) is 0 Å². The van der Waals surface area contributed by atoms with E-state index in [1.807, 2.05) is 68.0 Å². The van der Waals surface area contributed by atoms with Crippen molar-refractivity contribution in [3.8, 4) is 31.3 Å². The highest BCUT2D eigenvalue weighted by molar-refractivity contribution is 7.30. The van der Waals surface area contributed by atoms with E-state index in [2.05, 4.69) is 125 Å². The average Bonchev–Trinajstić information content (AvgIpc) is 3.86. The maximum Gasteiger partial charge on any atom is 0.0631 e. The molecular weight excluding hydrogens is 637 g/mol. The Labute approximate surface area is 273 Å². The van der Waals surface area contributed by atoms with Crippen LogP contribution in [0.15, 0.2) is 125 Å². The third-order valence-corrected chi connectivity index (χ3v) is 14.2. The van der Waals surface area contributed by atoms with Crippen molar-refractivity contribution < 1.29 is 0 Å². The molecule has 3 aromatic carbocycles. The van der Waals surface area contributed by atoms with Crippen LogP contribution in [0.5, 0.6) is 0 Å². The third kappa shape index (κ3) is 4.70. The molecule has 0 saturated carbocycles. The second kappa shape index (κ2) is 10.6. The van der Waals surface area contributed by atoms with E-state index < -0.39 is 0 Å². The van der Waals surface area contributed by atoms with E-state index in [9.17, 15) is 0 Å². The minimum absolute atomic E-state index is 1.23. The van der Waals surface area contributed by atoms with Gasteiger partial charge in [0.05, 0.1) is 22.6 Å². The van der Waals surface area contributed by atoms with Crippen molar-refractivity contribution in [1.29, 1.82) is 0 Å². The Kier molecular flexibility index (Phi) is 6.40. The van der Waals surface area contributed by atoms with Gasteiger partial charge in [-0.2, -0.15) is 0 Å². The van der Waals surface area contributed by atoms with Crippen LogP contribution in [0.4, 0.5) is 0 Å². The molecule has 0 nitrogen and oxygen atoms in total. The van der Waals surface area contributed by atoms with Gasteiger partial charge in [-0.15, -0.1) is 68.0 Å². The molecule has 204 valence electrons. The van der Waals surface area contributed by atoms with Gasteiger partial charge < -0.3 is 0 Å². The van der Waals surface area contributed by atoms with Gasteiger partial charge in [0.25, 0.3) is 0 Å². The third-order valence-electron chi connectivity index (χ3n) is 7.79. The van der Waals surface area contributed by atoms with Crippen molar-refractivity contribution in [2.24, 2.45) is 0 Å². The minimum atomic E-state index is 1.23. The van der Waals surface area contributed by atoms with Crippen LogP contribution in [0.2, 0.25) is 0 Å². The molecule has 0 saturated heterocycles. The normalized spacial score (nSPS) is 11.7. The summed E-state index contributed by atoms with van der Waals surface area (Å²) in [6, 6.07) is 41.1. The maximum atomic E-state index is 2.32. The predicted molar refractivity (Wildman–Crippen MR) is 196 cm³/mol. The first-order valence-electron chi connectivity index (χ1n) is 13.9. The first-order valence-corrected chi connectivity index (χ1v) is 18.9. The van der Waals surface area contributed by atoms with Crippen LogP contribution in [0, 0.1) is 5.92 Å². The molecule has 0 fully saturated rings. The molecule has 0 radical (unpaired) electrons. The second-order valence-corrected chi connectivity index (χ2v) is 16.5. The molecule has 0 amide bonds. The van der Waals surface area contributed by atoms with Crippen LogP contribution < -0.4 is 0 Å². The Balaban J connectivity index is 1.09. The fourth-order valence-electron chi connectivity index (χ4n) is 5.63. The summed E-state index contributed by atoms with van der Waals surface area (Å²) in [7, 11) is 0. The maximum absolute atomic E-state index is 2.32. The average molecular weight is 658 g/mol. The largest absolute Gasteiger partial charge is 0.143 e. The molecule has 0 atom stereocenters. The Morgan fingerprint density at radius 1 is 0.326 bits per heavy atom. The van der Waals surface area contributed by atoms with E-state index in [4.69, 9.17) is 0 Å². The predicted octanol–water partition coefficient (Wildman–Crippen LogP) is 13.5. The van der Waals surface area contributed by atoms with Gasteiger partial charge in [0, 0.05) is 59.5 Å². The highest BCUT2D eigenvalue weighted by Crippen LogP contribution is 2.41. The van der Waals surface area contributed by atoms with Crippen molar-refractivity contribution in [3.05, 3.63) is 148 Å². The number of rotatable bonds is 6. The lowest BCUT2D eigenvalue weighted by atomic mass is 9.84. The smallest absolute Gasteiger partial charge is 0.0631 e. The molecule has 0 aliphatic rings. The zero-order valence-corrected chi connectivity index (χ0v) is 27.5. The summed E-state index contributed by atoms with van der Waals surface area (Å²) in [6.07, 6.45) is 0. The van der Waals surface area contributed by atoms with Gasteiger partial charge in [-0.1, -0.05) is 0 Å². The summed E-state index contributed by atoms with van der Waals surface area (Å²) in [5, 5.41) is 6.53. The molecule has 9 rings (SSSR count). The number of benzene rings is 3. The van der Waals surface area contributed by atoms with E-state index in [0.29, 0.717) is 0 Å². The molecule has 0 spiro atoms. The van der Waals surface area contributed by atoms with Crippen LogP contribution in [-0.2, 0) is 0 Å². The fourth-order valence-corrected chi connectivity index (χ4v) is 12.0. The molecule has 43 heavy (non-hydrogen) atoms. The van der Waals surface area contributed by atoms with E-state index in [0.717, 1.165) is 0 Å². The summed E-state index contributed by atoms with van der Waals surface area (Å²) < 4.78 is 8.21. The zero-order valence-electron chi connectivity index (χ0n) is 22.6. The highest BCUT2D eigenvalue weighted by atomic mass is 32.1. The Morgan fingerprint density at radius 2 is 0.628 bits per heavy atom. The first-order chi connectivity index (χ1) is 21.2. The topological polar surface area (TPSA) is 0 Å². The molecule has 6 heterocycles. The van der Waals surface area contributed by atoms with Crippen LogP contribution >= 0.6 is 68.0 Å². The summed E-state index contributed by atoms with van der Waals surface area (Å²) in [5.41, 5.74) is 7.52. The van der Waals surface area contributed by atoms with Gasteiger partial charge in [0.1, 0.15) is 0 Å². The highest BCUT2D eigenvalue weighted by Gasteiger charge is 2.24. The molecule has 0 aliphatic carbocycles. The van der Waals surface area contributed by atoms with Gasteiger partial charge in [0.2, 0.25) is 0 Å². The molecule has 6 aromatic heterocycles. The van der Waals surface area contributed by atoms with Crippen LogP contribution in [0.3, 0.4) is 0 Å². The van der Waals surface area contributed by atoms with Crippen LogP contribution in [0.1, 0.15) is 16.7 Å². The zero-order chi connectivity index (χ0) is 28.3. The molecule has 9 aromatic rings. The second-order valence-electron chi connectivity index (χ2n) is 10.4. The number of hydrogen-bond donors (Lipinski definition) is 0. The van der Waals surface area contributed by atoms with E-state index >= 15 is 0 Å². The summed E-state index contributed by atoms with van der Waals surface area (Å²) in [6.45, 7) is 0. The van der Waals surface area contributed by atoms with Gasteiger partial charge in [-0.25, -0.2) is 0 Å². The van der Waals surface area contributed by atoms with E-state index in [-0.39, 0.29) is 0 Å². The van der Waals surface area contributed by atoms with Crippen molar-refractivity contribution in [2.75, 3.05) is 0 Å². The summed E-state index contributed by atoms with van der Waals surface area (Å²) in [5.74, 6) is 1.26. The monoisotopic (exact) mass is 657 g/mol. The summed E-state index contributed by atoms with van der Waals surface area (Å²) >= 11 is 11.1. The van der Waals surface area contributed by atoms with Gasteiger partial charge in [-0.3, -0.25) is 0 Å². The lowest BCUT2D eigenvalue weighted by Gasteiger charge is -2.14. The first kappa shape index (κ1) is 26.0. The Hall–Kier alpha value is -3.49. The number of thiophene rings is 6. The molecule has 0 N–H and O–H groups in total. The fraction of sp³-hybridized carbons (Fsp3) is 0. The molecule has 0 aliphatic heterocycles. The molecule has 6 heteroatoms. The van der Waals surface area contributed by atoms with Gasteiger partial charge in [0.15, 0.2) is 0 Å². The molecule has 0 unspecified atom stereocenters. The quantitative estimate of drug-likeness (QED) is 0.123. The van der Waals surface area contributed by atoms with E-state index in [1.54, 1.807) is 0 Å². The van der Waals surface area contributed by atoms with Gasteiger partial charge in [-0.05, 0) is 125 Å². The van der Waals surface area contributed by atoms with E-state index in [1.165, 1.54) is 82.1 Å². The SMILES string of the molecule is c1cc2sc(-c3ccc([C+](c4ccc(-c5cc6sccc6s5)cc4)c4ccc(-c5cc6sccc6s5)cc4)cc3)cc2s1. The molecular formula is C37H21S6+. The standard InChI is InChI=1S/C37H21S6/c1-7-25(8-2-22(1)31-19-34-28(41-31)13-16-38-34)37(26-9-3-23(4-10-26)32-20-35-29(42-32)14-17-39-35)27-11-5-24(6-12-27)33-21-36-30(43-33)15-18-40-36/h1-21H/q+1. The lowest BCUT2D eigenvalue weighted by molar-refractivity contribution is 1.23. The summed E-state index contributed by atoms with van der Waals surface area (Å²) in [4.78, 5) is 3.99. The number of hydrogen-bond acceptors (Lipinski definition) is 6. The van der Waals surface area contributed by atoms with Crippen molar-refractivity contribution >= 4 is 96.2 Å².